The van der Waals surface area contributed by atoms with Gasteiger partial charge in [0.2, 0.25) is 0 Å². The van der Waals surface area contributed by atoms with Gasteiger partial charge in [0.05, 0.1) is 21.5 Å². The number of allylic oxidation sites excluding steroid dienone is 1. The predicted molar refractivity (Wildman–Crippen MR) is 47.2 cm³/mol. The molecule has 0 saturated carbocycles. The van der Waals surface area contributed by atoms with Crippen molar-refractivity contribution in [3.05, 3.63) is 10.8 Å². The van der Waals surface area contributed by atoms with Gasteiger partial charge in [-0.05, 0) is 0 Å². The maximum atomic E-state index is 5.36. The van der Waals surface area contributed by atoms with Gasteiger partial charge in [0, 0.05) is 23.2 Å². The van der Waals surface area contributed by atoms with Crippen LogP contribution in [0.4, 0.5) is 0 Å². The molecule has 0 nitrogen and oxygen atoms in total. The molecule has 0 amide bonds. The highest BCUT2D eigenvalue weighted by atomic mass is 13.7. The summed E-state index contributed by atoms with van der Waals surface area (Å²) >= 11 is 0. The quantitative estimate of drug-likeness (QED) is 0.375. The maximum absolute atomic E-state index is 5.36. The average molecular weight is 104 g/mol. The van der Waals surface area contributed by atoms with Crippen molar-refractivity contribution >= 4 is 44.7 Å². The molecule has 0 saturated heterocycles. The summed E-state index contributed by atoms with van der Waals surface area (Å²) in [5.74, 6) is 0. The molecule has 0 aromatic carbocycles. The zero-order chi connectivity index (χ0) is 7.44. The van der Waals surface area contributed by atoms with Gasteiger partial charge in [0.15, 0.2) is 0 Å². The summed E-state index contributed by atoms with van der Waals surface area (Å²) < 4.78 is 0. The molecule has 0 unspecified atom stereocenters. The minimum absolute atomic E-state index is 0.449. The van der Waals surface area contributed by atoms with Crippen molar-refractivity contribution in [2.75, 3.05) is 0 Å². The molecule has 6 heteroatoms. The Morgan fingerprint density at radius 1 is 1.44 bits per heavy atom. The second kappa shape index (κ2) is 4.03. The van der Waals surface area contributed by atoms with Gasteiger partial charge in [-0.15, -0.1) is 5.47 Å². The van der Waals surface area contributed by atoms with Crippen molar-refractivity contribution in [3.63, 3.8) is 0 Å². The Kier molecular flexibility index (Phi) is 4.09. The topological polar surface area (TPSA) is 0 Å². The van der Waals surface area contributed by atoms with Crippen molar-refractivity contribution in [1.82, 2.24) is 0 Å². The zero-order valence-electron chi connectivity index (χ0n) is 5.46. The van der Waals surface area contributed by atoms with Gasteiger partial charge in [-0.1, -0.05) is 6.92 Å². The maximum Gasteiger partial charge on any atom is 0.0910 e. The second-order valence-corrected chi connectivity index (χ2v) is 1.83. The number of hydrogen-bond donors (Lipinski definition) is 0. The normalized spacial score (nSPS) is 12.1. The molecule has 0 aliphatic rings. The zero-order valence-corrected chi connectivity index (χ0v) is 5.46. The lowest BCUT2D eigenvalue weighted by Gasteiger charge is -2.07. The van der Waals surface area contributed by atoms with E-state index in [-0.39, 0.29) is 0 Å². The lowest BCUT2D eigenvalue weighted by molar-refractivity contribution is 1.67. The highest BCUT2D eigenvalue weighted by Crippen LogP contribution is 1.97. The van der Waals surface area contributed by atoms with Crippen molar-refractivity contribution in [2.45, 2.75) is 6.92 Å². The lowest BCUT2D eigenvalue weighted by Crippen LogP contribution is -2.19. The fourth-order valence-corrected chi connectivity index (χ4v) is 0.324. The minimum Gasteiger partial charge on any atom is -0.172 e. The molecule has 0 rings (SSSR count). The summed E-state index contributed by atoms with van der Waals surface area (Å²) in [5, 5.41) is 0.449. The van der Waals surface area contributed by atoms with E-state index in [4.69, 9.17) is 31.1 Å². The largest absolute Gasteiger partial charge is 0.172 e. The molecule has 0 aromatic heterocycles. The summed E-state index contributed by atoms with van der Waals surface area (Å²) in [5.41, 5.74) is 0.706. The Hall–Kier alpha value is 0.130. The monoisotopic (exact) mass is 105 g/mol. The van der Waals surface area contributed by atoms with Gasteiger partial charge < -0.3 is 0 Å². The number of rotatable bonds is 2. The van der Waals surface area contributed by atoms with E-state index in [0.29, 0.717) is 10.8 Å². The average Bonchev–Trinajstić information content (AvgIpc) is 1.84. The first-order valence-electron chi connectivity index (χ1n) is 2.62. The summed E-state index contributed by atoms with van der Waals surface area (Å²) in [7, 11) is 22.3. The highest BCUT2D eigenvalue weighted by Gasteiger charge is 2.00. The van der Waals surface area contributed by atoms with E-state index in [1.165, 1.54) is 7.17 Å². The van der Waals surface area contributed by atoms with Crippen LogP contribution in [-0.2, 0) is 0 Å². The third kappa shape index (κ3) is 2.98. The van der Waals surface area contributed by atoms with Gasteiger partial charge >= 0.3 is 0 Å². The second-order valence-electron chi connectivity index (χ2n) is 1.83. The van der Waals surface area contributed by atoms with Crippen LogP contribution in [0, 0.1) is 0 Å². The van der Waals surface area contributed by atoms with E-state index in [1.54, 1.807) is 6.92 Å². The molecular formula is C3H3B6. The molecule has 0 aliphatic heterocycles. The van der Waals surface area contributed by atoms with Crippen LogP contribution in [0.5, 0.6) is 0 Å². The smallest absolute Gasteiger partial charge is 0.0910 e. The van der Waals surface area contributed by atoms with Gasteiger partial charge in [0.25, 0.3) is 0 Å². The third-order valence-electron chi connectivity index (χ3n) is 1.13. The molecule has 0 aliphatic carbocycles. The molecule has 0 heterocycles. The minimum atomic E-state index is -0.509. The summed E-state index contributed by atoms with van der Waals surface area (Å²) in [6.07, 6.45) is 0. The van der Waals surface area contributed by atoms with Crippen molar-refractivity contribution in [2.24, 2.45) is 0 Å². The SMILES string of the molecule is [B][B]C([B])=C(C)B([B])[B]. The van der Waals surface area contributed by atoms with Crippen LogP contribution >= 0.6 is 0 Å². The number of hydrogen-bond acceptors (Lipinski definition) is 0. The third-order valence-corrected chi connectivity index (χ3v) is 1.13. The van der Waals surface area contributed by atoms with Crippen LogP contribution in [-0.4, -0.2) is 44.7 Å². The van der Waals surface area contributed by atoms with Crippen LogP contribution in [0.25, 0.3) is 0 Å². The van der Waals surface area contributed by atoms with Crippen LogP contribution in [0.2, 0.25) is 0 Å². The molecule has 9 radical (unpaired) electrons. The lowest BCUT2D eigenvalue weighted by atomic mass is 9.15. The molecule has 0 fully saturated rings. The van der Waals surface area contributed by atoms with Crippen LogP contribution in [0.15, 0.2) is 10.8 Å². The van der Waals surface area contributed by atoms with Gasteiger partial charge in [-0.3, -0.25) is 0 Å². The fourth-order valence-electron chi connectivity index (χ4n) is 0.324. The van der Waals surface area contributed by atoms with E-state index in [1.807, 2.05) is 0 Å². The molecule has 0 N–H and O–H groups in total. The van der Waals surface area contributed by atoms with Crippen LogP contribution in [0.3, 0.4) is 0 Å². The predicted octanol–water partition coefficient (Wildman–Crippen LogP) is -1.46. The van der Waals surface area contributed by atoms with Crippen LogP contribution < -0.4 is 0 Å². The Labute approximate surface area is 63.1 Å². The molecule has 0 atom stereocenters. The highest BCUT2D eigenvalue weighted by molar-refractivity contribution is 7.33. The van der Waals surface area contributed by atoms with Gasteiger partial charge in [-0.25, -0.2) is 0 Å². The van der Waals surface area contributed by atoms with E-state index in [0.717, 1.165) is 0 Å². The first-order chi connectivity index (χ1) is 4.09. The Morgan fingerprint density at radius 2 is 1.89 bits per heavy atom. The van der Waals surface area contributed by atoms with E-state index in [2.05, 4.69) is 0 Å². The Bertz CT molecular complexity index is 115. The van der Waals surface area contributed by atoms with Crippen molar-refractivity contribution < 1.29 is 0 Å². The van der Waals surface area contributed by atoms with Crippen molar-refractivity contribution in [1.29, 1.82) is 0 Å². The summed E-state index contributed by atoms with van der Waals surface area (Å²) in [6, 6.07) is 0. The first kappa shape index (κ1) is 9.13. The molecule has 0 spiro atoms. The van der Waals surface area contributed by atoms with Crippen molar-refractivity contribution in [3.8, 4) is 0 Å². The Morgan fingerprint density at radius 3 is 2.00 bits per heavy atom. The Balaban J connectivity index is 4.10. The molecule has 0 bridgehead atoms. The molecule has 0 aromatic rings. The van der Waals surface area contributed by atoms with E-state index < -0.39 is 6.49 Å². The molecule has 33 valence electrons. The van der Waals surface area contributed by atoms with Gasteiger partial charge in [-0.2, -0.15) is 5.37 Å². The summed E-state index contributed by atoms with van der Waals surface area (Å²) in [6.45, 7) is 1.23. The molecular weight excluding hydrogens is 101 g/mol. The first-order valence-corrected chi connectivity index (χ1v) is 2.62. The fraction of sp³-hybridized carbons (Fsp3) is 0.333. The van der Waals surface area contributed by atoms with Crippen LogP contribution in [0.1, 0.15) is 6.92 Å². The standard InChI is InChI=1S/C3H3B6/c1-2(9(6)7)3(4)8-5/h1H3. The summed E-state index contributed by atoms with van der Waals surface area (Å²) in [4.78, 5) is 0. The molecule has 9 heavy (non-hydrogen) atoms. The van der Waals surface area contributed by atoms with E-state index >= 15 is 0 Å². The van der Waals surface area contributed by atoms with E-state index in [9.17, 15) is 0 Å². The van der Waals surface area contributed by atoms with Gasteiger partial charge in [0.1, 0.15) is 0 Å².